The van der Waals surface area contributed by atoms with Gasteiger partial charge in [0, 0.05) is 51.5 Å². The normalized spacial score (nSPS) is 17.9. The molecule has 0 saturated carbocycles. The van der Waals surface area contributed by atoms with Crippen LogP contribution in [0, 0.1) is 0 Å². The maximum absolute atomic E-state index is 12.1. The van der Waals surface area contributed by atoms with Crippen LogP contribution in [0.5, 0.6) is 0 Å². The Morgan fingerprint density at radius 1 is 1.30 bits per heavy atom. The van der Waals surface area contributed by atoms with E-state index >= 15 is 0 Å². The van der Waals surface area contributed by atoms with E-state index in [-0.39, 0.29) is 5.91 Å². The van der Waals surface area contributed by atoms with Crippen LogP contribution in [0.4, 0.5) is 0 Å². The van der Waals surface area contributed by atoms with Gasteiger partial charge in [-0.2, -0.15) is 5.10 Å². The highest BCUT2D eigenvalue weighted by atomic mass is 16.4. The first-order valence-corrected chi connectivity index (χ1v) is 6.80. The Bertz CT molecular complexity index is 452. The number of hydrogen-bond donors (Lipinski definition) is 1. The molecule has 1 aromatic rings. The van der Waals surface area contributed by atoms with Crippen molar-refractivity contribution in [3.8, 4) is 0 Å². The summed E-state index contributed by atoms with van der Waals surface area (Å²) in [6, 6.07) is 1.34. The zero-order valence-electron chi connectivity index (χ0n) is 11.6. The van der Waals surface area contributed by atoms with Crippen LogP contribution < -0.4 is 0 Å². The maximum atomic E-state index is 12.1. The number of carbonyl (C=O) groups excluding carboxylic acids is 1. The molecule has 1 amide bonds. The topological polar surface area (TPSA) is 78.7 Å². The smallest absolute Gasteiger partial charge is 0.320 e. The molecule has 0 radical (unpaired) electrons. The van der Waals surface area contributed by atoms with Gasteiger partial charge in [-0.25, -0.2) is 0 Å². The largest absolute Gasteiger partial charge is 0.480 e. The van der Waals surface area contributed by atoms with Gasteiger partial charge < -0.3 is 10.0 Å². The standard InChI is InChI=1S/C13H20N4O3/c1-11(13(19)20)15-7-9-16(10-8-15)12(18)3-6-17-5-2-4-14-17/h2,4-5,11H,3,6-10H2,1H3,(H,19,20). The number of piperazine rings is 1. The minimum atomic E-state index is -0.816. The molecule has 0 spiro atoms. The first kappa shape index (κ1) is 14.5. The number of aryl methyl sites for hydroxylation is 1. The van der Waals surface area contributed by atoms with Crippen LogP contribution in [0.3, 0.4) is 0 Å². The number of nitrogens with zero attached hydrogens (tertiary/aromatic N) is 4. The summed E-state index contributed by atoms with van der Waals surface area (Å²) in [5.74, 6) is -0.716. The predicted molar refractivity (Wildman–Crippen MR) is 72.1 cm³/mol. The van der Waals surface area contributed by atoms with Crippen LogP contribution in [0.25, 0.3) is 0 Å². The van der Waals surface area contributed by atoms with E-state index in [4.69, 9.17) is 5.11 Å². The number of rotatable bonds is 5. The van der Waals surface area contributed by atoms with E-state index < -0.39 is 12.0 Å². The molecule has 1 aliphatic rings. The Labute approximate surface area is 117 Å². The molecular formula is C13H20N4O3. The van der Waals surface area contributed by atoms with Crippen molar-refractivity contribution in [2.45, 2.75) is 25.9 Å². The highest BCUT2D eigenvalue weighted by Crippen LogP contribution is 2.08. The molecular weight excluding hydrogens is 260 g/mol. The van der Waals surface area contributed by atoms with E-state index in [1.165, 1.54) is 0 Å². The number of hydrogen-bond acceptors (Lipinski definition) is 4. The molecule has 1 saturated heterocycles. The molecule has 110 valence electrons. The van der Waals surface area contributed by atoms with Crippen molar-refractivity contribution in [1.82, 2.24) is 19.6 Å². The maximum Gasteiger partial charge on any atom is 0.320 e. The fraction of sp³-hybridized carbons (Fsp3) is 0.615. The second kappa shape index (κ2) is 6.51. The van der Waals surface area contributed by atoms with Crippen LogP contribution in [-0.4, -0.2) is 68.8 Å². The lowest BCUT2D eigenvalue weighted by atomic mass is 10.2. The number of carbonyl (C=O) groups is 2. The second-order valence-electron chi connectivity index (χ2n) is 4.95. The summed E-state index contributed by atoms with van der Waals surface area (Å²) >= 11 is 0. The lowest BCUT2D eigenvalue weighted by Crippen LogP contribution is -2.53. The van der Waals surface area contributed by atoms with Crippen molar-refractivity contribution >= 4 is 11.9 Å². The van der Waals surface area contributed by atoms with Gasteiger partial charge in [-0.15, -0.1) is 0 Å². The summed E-state index contributed by atoms with van der Waals surface area (Å²) in [6.45, 7) is 4.67. The van der Waals surface area contributed by atoms with Crippen LogP contribution in [0.2, 0.25) is 0 Å². The molecule has 1 aromatic heterocycles. The number of carboxylic acid groups (broad SMARTS) is 1. The zero-order chi connectivity index (χ0) is 14.5. The average Bonchev–Trinajstić information content (AvgIpc) is 2.97. The number of carboxylic acids is 1. The molecule has 1 N–H and O–H groups in total. The molecule has 2 heterocycles. The Morgan fingerprint density at radius 2 is 2.00 bits per heavy atom. The van der Waals surface area contributed by atoms with Crippen LogP contribution >= 0.6 is 0 Å². The number of aliphatic carboxylic acids is 1. The Kier molecular flexibility index (Phi) is 4.73. The first-order chi connectivity index (χ1) is 9.58. The van der Waals surface area contributed by atoms with E-state index in [2.05, 4.69) is 5.10 Å². The Balaban J connectivity index is 1.75. The van der Waals surface area contributed by atoms with Gasteiger partial charge in [0.2, 0.25) is 5.91 Å². The van der Waals surface area contributed by atoms with Crippen molar-refractivity contribution in [2.24, 2.45) is 0 Å². The third-order valence-corrected chi connectivity index (χ3v) is 3.69. The summed E-state index contributed by atoms with van der Waals surface area (Å²) in [4.78, 5) is 26.7. The Hall–Kier alpha value is -1.89. The molecule has 20 heavy (non-hydrogen) atoms. The van der Waals surface area contributed by atoms with E-state index in [1.54, 1.807) is 22.7 Å². The molecule has 7 heteroatoms. The minimum absolute atomic E-state index is 0.100. The van der Waals surface area contributed by atoms with Crippen molar-refractivity contribution in [3.63, 3.8) is 0 Å². The molecule has 1 unspecified atom stereocenters. The fourth-order valence-corrected chi connectivity index (χ4v) is 2.32. The summed E-state index contributed by atoms with van der Waals surface area (Å²) in [5.41, 5.74) is 0. The molecule has 0 aliphatic carbocycles. The second-order valence-corrected chi connectivity index (χ2v) is 4.95. The molecule has 2 rings (SSSR count). The first-order valence-electron chi connectivity index (χ1n) is 6.80. The minimum Gasteiger partial charge on any atom is -0.480 e. The van der Waals surface area contributed by atoms with Crippen LogP contribution in [0.1, 0.15) is 13.3 Å². The van der Waals surface area contributed by atoms with Gasteiger partial charge in [-0.05, 0) is 13.0 Å². The van der Waals surface area contributed by atoms with E-state index in [9.17, 15) is 9.59 Å². The molecule has 7 nitrogen and oxygen atoms in total. The monoisotopic (exact) mass is 280 g/mol. The summed E-state index contributed by atoms with van der Waals surface area (Å²) in [7, 11) is 0. The van der Waals surface area contributed by atoms with Gasteiger partial charge in [0.1, 0.15) is 6.04 Å². The van der Waals surface area contributed by atoms with Crippen LogP contribution in [0.15, 0.2) is 18.5 Å². The molecule has 0 bridgehead atoms. The number of amides is 1. The highest BCUT2D eigenvalue weighted by Gasteiger charge is 2.26. The third kappa shape index (κ3) is 3.57. The van der Waals surface area contributed by atoms with E-state index in [0.29, 0.717) is 39.1 Å². The summed E-state index contributed by atoms with van der Waals surface area (Å²) < 4.78 is 1.74. The molecule has 1 aliphatic heterocycles. The average molecular weight is 280 g/mol. The lowest BCUT2D eigenvalue weighted by Gasteiger charge is -2.36. The van der Waals surface area contributed by atoms with Gasteiger partial charge in [0.05, 0.1) is 0 Å². The van der Waals surface area contributed by atoms with Crippen molar-refractivity contribution < 1.29 is 14.7 Å². The van der Waals surface area contributed by atoms with Gasteiger partial charge in [0.15, 0.2) is 0 Å². The van der Waals surface area contributed by atoms with Crippen molar-refractivity contribution in [2.75, 3.05) is 26.2 Å². The summed E-state index contributed by atoms with van der Waals surface area (Å²) in [6.07, 6.45) is 3.95. The van der Waals surface area contributed by atoms with Gasteiger partial charge >= 0.3 is 5.97 Å². The van der Waals surface area contributed by atoms with Crippen LogP contribution in [-0.2, 0) is 16.1 Å². The van der Waals surface area contributed by atoms with Gasteiger partial charge in [-0.1, -0.05) is 0 Å². The predicted octanol–water partition coefficient (Wildman–Crippen LogP) is -0.109. The van der Waals surface area contributed by atoms with Crippen molar-refractivity contribution in [3.05, 3.63) is 18.5 Å². The fourth-order valence-electron chi connectivity index (χ4n) is 2.32. The zero-order valence-corrected chi connectivity index (χ0v) is 11.6. The van der Waals surface area contributed by atoms with Gasteiger partial charge in [0.25, 0.3) is 0 Å². The molecule has 0 aromatic carbocycles. The highest BCUT2D eigenvalue weighted by molar-refractivity contribution is 5.76. The quantitative estimate of drug-likeness (QED) is 0.814. The van der Waals surface area contributed by atoms with Crippen molar-refractivity contribution in [1.29, 1.82) is 0 Å². The lowest BCUT2D eigenvalue weighted by molar-refractivity contribution is -0.144. The van der Waals surface area contributed by atoms with E-state index in [1.807, 2.05) is 17.2 Å². The molecule has 1 fully saturated rings. The Morgan fingerprint density at radius 3 is 2.55 bits per heavy atom. The summed E-state index contributed by atoms with van der Waals surface area (Å²) in [5, 5.41) is 13.0. The number of aromatic nitrogens is 2. The van der Waals surface area contributed by atoms with Gasteiger partial charge in [-0.3, -0.25) is 19.2 Å². The third-order valence-electron chi connectivity index (χ3n) is 3.69. The SMILES string of the molecule is CC(C(=O)O)N1CCN(C(=O)CCn2cccn2)CC1. The molecule has 1 atom stereocenters. The van der Waals surface area contributed by atoms with E-state index in [0.717, 1.165) is 0 Å².